The number of hydrogen-bond donors (Lipinski definition) is 2. The minimum Gasteiger partial charge on any atom is -0.444 e. The number of ether oxygens (including phenoxy) is 1. The van der Waals surface area contributed by atoms with Crippen molar-refractivity contribution in [1.29, 1.82) is 0 Å². The molecule has 3 aromatic rings. The molecule has 43 heavy (non-hydrogen) atoms. The van der Waals surface area contributed by atoms with Crippen molar-refractivity contribution in [3.05, 3.63) is 52.4 Å². The molecule has 5 aliphatic rings. The van der Waals surface area contributed by atoms with E-state index in [1.54, 1.807) is 39.1 Å². The first kappa shape index (κ1) is 30.4. The molecule has 4 aliphatic heterocycles. The Bertz CT molecular complexity index is 1790. The van der Waals surface area contributed by atoms with Crippen molar-refractivity contribution >= 4 is 69.8 Å². The van der Waals surface area contributed by atoms with E-state index in [4.69, 9.17) is 9.72 Å². The third kappa shape index (κ3) is 5.13. The number of pyridine rings is 2. The first-order chi connectivity index (χ1) is 20.0. The minimum atomic E-state index is -0.695. The second kappa shape index (κ2) is 11.0. The molecule has 1 aromatic carbocycles. The predicted molar refractivity (Wildman–Crippen MR) is 169 cm³/mol. The number of carbonyl (C=O) groups excluding carboxylic acids is 1. The summed E-state index contributed by atoms with van der Waals surface area (Å²) in [4.78, 5) is 24.6. The number of hydrogen-bond acceptors (Lipinski definition) is 6. The third-order valence-electron chi connectivity index (χ3n) is 8.53. The fraction of sp³-hybridized carbons (Fsp3) is 0.406. The quantitative estimate of drug-likeness (QED) is 0.166. The van der Waals surface area contributed by atoms with Crippen LogP contribution in [0, 0.1) is 31.2 Å². The van der Waals surface area contributed by atoms with E-state index in [-0.39, 0.29) is 77.4 Å². The van der Waals surface area contributed by atoms with Crippen LogP contribution in [-0.2, 0) is 11.2 Å². The number of aryl methyl sites for hydroxylation is 3. The second-order valence-electron chi connectivity index (χ2n) is 12.4. The van der Waals surface area contributed by atoms with Gasteiger partial charge in [0, 0.05) is 79.2 Å². The number of nitrogens with one attached hydrogen (secondary N) is 2. The minimum absolute atomic E-state index is 0. The van der Waals surface area contributed by atoms with Gasteiger partial charge in [0.25, 0.3) is 0 Å². The zero-order valence-corrected chi connectivity index (χ0v) is 30.3. The first-order valence-corrected chi connectivity index (χ1v) is 15.4. The van der Waals surface area contributed by atoms with Crippen molar-refractivity contribution < 1.29 is 18.3 Å². The zero-order chi connectivity index (χ0) is 29.5. The summed E-state index contributed by atoms with van der Waals surface area (Å²) in [6, 6.07) is 3.68. The fourth-order valence-corrected chi connectivity index (χ4v) is 7.88. The molecule has 0 saturated carbocycles. The molecule has 4 unspecified atom stereocenters. The van der Waals surface area contributed by atoms with Crippen LogP contribution in [0.5, 0.6) is 0 Å². The average molecular weight is 792 g/mol. The topological polar surface area (TPSA) is 79.4 Å². The first-order valence-electron chi connectivity index (χ1n) is 14.3. The van der Waals surface area contributed by atoms with Gasteiger partial charge in [-0.1, -0.05) is 11.6 Å². The molecule has 6 bridgehead atoms. The molecule has 4 atom stereocenters. The molecule has 11 heteroatoms. The number of allylic oxidation sites excluding steroid dienone is 2. The summed E-state index contributed by atoms with van der Waals surface area (Å²) < 4.78 is 38.0. The number of fused-ring (bicyclic) bond motifs is 4. The molecule has 2 aromatic heterocycles. The summed E-state index contributed by atoms with van der Waals surface area (Å²) in [7, 11) is 0.198. The molecular formula is C32H32F2N5O2PTl. The zero-order valence-electron chi connectivity index (χ0n) is 24.8. The van der Waals surface area contributed by atoms with Crippen molar-refractivity contribution in [2.24, 2.45) is 0 Å². The monoisotopic (exact) mass is 792 g/mol. The van der Waals surface area contributed by atoms with E-state index in [0.29, 0.717) is 39.8 Å². The number of rotatable bonds is 1. The van der Waals surface area contributed by atoms with E-state index < -0.39 is 17.5 Å². The number of nitrogens with zero attached hydrogens (tertiary/aromatic N) is 3. The van der Waals surface area contributed by atoms with Crippen LogP contribution in [0.1, 0.15) is 62.4 Å². The number of aromatic nitrogens is 2. The summed E-state index contributed by atoms with van der Waals surface area (Å²) in [5.41, 5.74) is 6.56. The van der Waals surface area contributed by atoms with E-state index in [0.717, 1.165) is 29.7 Å². The summed E-state index contributed by atoms with van der Waals surface area (Å²) in [5, 5.41) is 7.57. The van der Waals surface area contributed by atoms with Crippen LogP contribution in [0.3, 0.4) is 0 Å². The van der Waals surface area contributed by atoms with Gasteiger partial charge in [-0.3, -0.25) is 15.6 Å². The molecule has 0 spiro atoms. The smallest absolute Gasteiger partial charge is 0.412 e. The van der Waals surface area contributed by atoms with E-state index >= 15 is 8.78 Å². The summed E-state index contributed by atoms with van der Waals surface area (Å²) in [5.74, 6) is 3.09. The van der Waals surface area contributed by atoms with Gasteiger partial charge in [0.05, 0.1) is 17.5 Å². The van der Waals surface area contributed by atoms with Crippen LogP contribution in [0.2, 0.25) is 0 Å². The van der Waals surface area contributed by atoms with E-state index in [9.17, 15) is 4.79 Å². The predicted octanol–water partition coefficient (Wildman–Crippen LogP) is 6.52. The Balaban J connectivity index is 0.00000329. The summed E-state index contributed by atoms with van der Waals surface area (Å²) in [6.45, 7) is 9.12. The average Bonchev–Trinajstić information content (AvgIpc) is 3.52. The summed E-state index contributed by atoms with van der Waals surface area (Å²) >= 11 is 0. The van der Waals surface area contributed by atoms with Gasteiger partial charge < -0.3 is 9.64 Å². The molecular weight excluding hydrogens is 760 g/mol. The van der Waals surface area contributed by atoms with Crippen molar-refractivity contribution in [2.75, 3.05) is 10.2 Å². The van der Waals surface area contributed by atoms with E-state index in [2.05, 4.69) is 32.1 Å². The second-order valence-corrected chi connectivity index (χ2v) is 13.6. The Hall–Kier alpha value is -2.68. The Morgan fingerprint density at radius 3 is 2.77 bits per heavy atom. The molecule has 1 radical (unpaired) electrons. The van der Waals surface area contributed by atoms with Gasteiger partial charge in [0.2, 0.25) is 0 Å². The molecule has 2 N–H and O–H groups in total. The molecule has 1 aliphatic carbocycles. The SMILES string of the molecule is Cc1nc2c3cnc(c(F)c3c1C)-c1cc(NC(=O)OC(C)(C)C)cc3c1C(=C(F)CC3)C#CPC1C3CCC(N3)N21.[Tl]. The Kier molecular flexibility index (Phi) is 7.79. The van der Waals surface area contributed by atoms with Crippen LogP contribution < -0.4 is 15.5 Å². The maximum absolute atomic E-state index is 16.9. The third-order valence-corrected chi connectivity index (χ3v) is 9.78. The molecule has 219 valence electrons. The van der Waals surface area contributed by atoms with Crippen molar-refractivity contribution in [1.82, 2.24) is 15.3 Å². The maximum atomic E-state index is 16.9. The standard InChI is InChI=1S/C32H32F2N5O2P.Tl/c1-15-16(2)36-29-21-14-35-28(27(34)25(15)21)20-13-18(37-31(40)41-32(3,4)5)12-17-6-7-22(33)19(26(17)20)10-11-42-30-23-8-9-24(38-23)39(29)30;/h12-14,23-24,30,38,42H,6-9H2,1-5H3,(H,37,40);. The number of carbonyl (C=O) groups is 1. The van der Waals surface area contributed by atoms with E-state index in [1.807, 2.05) is 13.8 Å². The molecule has 7 nitrogen and oxygen atoms in total. The summed E-state index contributed by atoms with van der Waals surface area (Å²) in [6.07, 6.45) is 3.69. The van der Waals surface area contributed by atoms with Gasteiger partial charge in [0.1, 0.15) is 22.9 Å². The number of anilines is 2. The van der Waals surface area contributed by atoms with Crippen LogP contribution in [-0.4, -0.2) is 67.0 Å². The largest absolute Gasteiger partial charge is 0.444 e. The van der Waals surface area contributed by atoms with Crippen LogP contribution in [0.25, 0.3) is 27.6 Å². The maximum Gasteiger partial charge on any atom is 0.412 e. The molecule has 2 fully saturated rings. The van der Waals surface area contributed by atoms with Gasteiger partial charge >= 0.3 is 6.09 Å². The van der Waals surface area contributed by atoms with E-state index in [1.165, 1.54) is 0 Å². The molecule has 1 amide bonds. The Morgan fingerprint density at radius 1 is 1.21 bits per heavy atom. The van der Waals surface area contributed by atoms with Gasteiger partial charge in [-0.15, -0.1) is 0 Å². The Labute approximate surface area is 271 Å². The Morgan fingerprint density at radius 2 is 2.00 bits per heavy atom. The molecule has 8 rings (SSSR count). The number of amides is 1. The number of piperidine rings is 1. The number of benzene rings is 1. The van der Waals surface area contributed by atoms with Crippen molar-refractivity contribution in [3.63, 3.8) is 0 Å². The van der Waals surface area contributed by atoms with Crippen LogP contribution in [0.4, 0.5) is 25.1 Å². The van der Waals surface area contributed by atoms with Gasteiger partial charge in [-0.05, 0) is 85.7 Å². The fourth-order valence-electron chi connectivity index (χ4n) is 6.63. The molecule has 6 heterocycles. The van der Waals surface area contributed by atoms with Crippen LogP contribution >= 0.6 is 8.58 Å². The van der Waals surface area contributed by atoms with Gasteiger partial charge in [0.15, 0.2) is 5.82 Å². The van der Waals surface area contributed by atoms with Crippen molar-refractivity contribution in [2.45, 2.75) is 83.9 Å². The van der Waals surface area contributed by atoms with Gasteiger partial charge in [-0.25, -0.2) is 18.6 Å². The molecule has 2 saturated heterocycles. The van der Waals surface area contributed by atoms with Crippen molar-refractivity contribution in [3.8, 4) is 22.8 Å². The number of halogens is 2. The van der Waals surface area contributed by atoms with Crippen LogP contribution in [0.15, 0.2) is 24.2 Å². The normalized spacial score (nSPS) is 22.3. The van der Waals surface area contributed by atoms with Gasteiger partial charge in [-0.2, -0.15) is 0 Å².